The molecule has 3 nitrogen and oxygen atoms in total. The van der Waals surface area contributed by atoms with Crippen LogP contribution >= 0.6 is 11.6 Å². The van der Waals surface area contributed by atoms with Gasteiger partial charge in [-0.25, -0.2) is 0 Å². The Morgan fingerprint density at radius 2 is 2.10 bits per heavy atom. The first-order valence-corrected chi connectivity index (χ1v) is 7.36. The van der Waals surface area contributed by atoms with Gasteiger partial charge in [0, 0.05) is 13.5 Å². The molecule has 0 amide bonds. The van der Waals surface area contributed by atoms with E-state index in [0.717, 1.165) is 17.8 Å². The second kappa shape index (κ2) is 5.23. The Morgan fingerprint density at radius 1 is 1.40 bits per heavy atom. The molecule has 0 aliphatic heterocycles. The van der Waals surface area contributed by atoms with E-state index in [1.165, 1.54) is 5.56 Å². The van der Waals surface area contributed by atoms with Crippen molar-refractivity contribution in [2.75, 3.05) is 0 Å². The molecule has 4 heteroatoms. The van der Waals surface area contributed by atoms with E-state index in [9.17, 15) is 5.11 Å². The second-order valence-electron chi connectivity index (χ2n) is 5.66. The molecule has 1 aliphatic rings. The van der Waals surface area contributed by atoms with Crippen LogP contribution in [0.3, 0.4) is 0 Å². The Labute approximate surface area is 124 Å². The number of aliphatic hydroxyl groups excluding tert-OH is 1. The summed E-state index contributed by atoms with van der Waals surface area (Å²) in [5.74, 6) is 0.822. The van der Waals surface area contributed by atoms with E-state index in [1.807, 2.05) is 20.0 Å². The molecule has 1 saturated carbocycles. The summed E-state index contributed by atoms with van der Waals surface area (Å²) in [5.41, 5.74) is 3.07. The summed E-state index contributed by atoms with van der Waals surface area (Å²) in [5, 5.41) is 15.4. The molecule has 1 aromatic carbocycles. The third kappa shape index (κ3) is 2.48. The van der Waals surface area contributed by atoms with Crippen molar-refractivity contribution in [2.24, 2.45) is 13.0 Å². The van der Waals surface area contributed by atoms with Gasteiger partial charge in [0.05, 0.1) is 22.5 Å². The Hall–Kier alpha value is -1.32. The van der Waals surface area contributed by atoms with Crippen LogP contribution < -0.4 is 0 Å². The van der Waals surface area contributed by atoms with Crippen molar-refractivity contribution in [1.82, 2.24) is 9.78 Å². The zero-order valence-corrected chi connectivity index (χ0v) is 12.5. The molecule has 1 N–H and O–H groups in total. The first-order valence-electron chi connectivity index (χ1n) is 6.99. The van der Waals surface area contributed by atoms with E-state index in [0.29, 0.717) is 23.3 Å². The van der Waals surface area contributed by atoms with Crippen LogP contribution in [-0.4, -0.2) is 21.0 Å². The summed E-state index contributed by atoms with van der Waals surface area (Å²) in [4.78, 5) is 0. The number of hydrogen-bond donors (Lipinski definition) is 1. The number of aryl methyl sites for hydroxylation is 2. The topological polar surface area (TPSA) is 38.0 Å². The molecule has 0 bridgehead atoms. The normalized spacial score (nSPS) is 22.8. The van der Waals surface area contributed by atoms with Crippen molar-refractivity contribution in [3.05, 3.63) is 52.3 Å². The molecule has 1 heterocycles. The zero-order valence-electron chi connectivity index (χ0n) is 11.8. The number of hydrogen-bond acceptors (Lipinski definition) is 2. The fourth-order valence-electron chi connectivity index (χ4n) is 2.97. The van der Waals surface area contributed by atoms with Crippen LogP contribution in [0, 0.1) is 12.8 Å². The van der Waals surface area contributed by atoms with Crippen molar-refractivity contribution in [2.45, 2.75) is 31.8 Å². The highest BCUT2D eigenvalue weighted by atomic mass is 35.5. The highest BCUT2D eigenvalue weighted by Gasteiger charge is 2.43. The maximum atomic E-state index is 10.4. The lowest BCUT2D eigenvalue weighted by Gasteiger charge is -2.11. The van der Waals surface area contributed by atoms with Gasteiger partial charge in [-0.1, -0.05) is 41.9 Å². The predicted molar refractivity (Wildman–Crippen MR) is 80.0 cm³/mol. The Balaban J connectivity index is 1.68. The van der Waals surface area contributed by atoms with E-state index in [4.69, 9.17) is 11.6 Å². The molecule has 0 radical (unpaired) electrons. The van der Waals surface area contributed by atoms with Gasteiger partial charge in [-0.15, -0.1) is 0 Å². The summed E-state index contributed by atoms with van der Waals surface area (Å²) < 4.78 is 1.78. The molecule has 0 saturated heterocycles. The van der Waals surface area contributed by atoms with Gasteiger partial charge < -0.3 is 5.11 Å². The summed E-state index contributed by atoms with van der Waals surface area (Å²) >= 11 is 6.24. The monoisotopic (exact) mass is 290 g/mol. The average Bonchev–Trinajstić information content (AvgIpc) is 3.20. The van der Waals surface area contributed by atoms with Crippen LogP contribution in [-0.2, 0) is 13.5 Å². The first kappa shape index (κ1) is 13.7. The molecule has 106 valence electrons. The van der Waals surface area contributed by atoms with Gasteiger partial charge >= 0.3 is 0 Å². The highest BCUT2D eigenvalue weighted by Crippen LogP contribution is 2.50. The van der Waals surface area contributed by atoms with E-state index in [2.05, 4.69) is 29.4 Å². The minimum absolute atomic E-state index is 0.337. The lowest BCUT2D eigenvalue weighted by atomic mass is 10.0. The van der Waals surface area contributed by atoms with Crippen molar-refractivity contribution in [3.63, 3.8) is 0 Å². The molecule has 1 aromatic heterocycles. The van der Waals surface area contributed by atoms with Gasteiger partial charge in [-0.2, -0.15) is 5.10 Å². The minimum Gasteiger partial charge on any atom is -0.392 e. The molecule has 1 fully saturated rings. The molecule has 0 spiro atoms. The molecule has 1 aliphatic carbocycles. The molecule has 20 heavy (non-hydrogen) atoms. The van der Waals surface area contributed by atoms with Crippen LogP contribution in [0.4, 0.5) is 0 Å². The number of nitrogens with zero attached hydrogens (tertiary/aromatic N) is 2. The van der Waals surface area contributed by atoms with Gasteiger partial charge in [0.2, 0.25) is 0 Å². The summed E-state index contributed by atoms with van der Waals surface area (Å²) in [7, 11) is 1.88. The third-order valence-electron chi connectivity index (χ3n) is 4.23. The lowest BCUT2D eigenvalue weighted by Crippen LogP contribution is -2.16. The van der Waals surface area contributed by atoms with E-state index >= 15 is 0 Å². The Morgan fingerprint density at radius 3 is 2.70 bits per heavy atom. The highest BCUT2D eigenvalue weighted by molar-refractivity contribution is 6.31. The van der Waals surface area contributed by atoms with Crippen molar-refractivity contribution >= 4 is 11.6 Å². The maximum absolute atomic E-state index is 10.4. The quantitative estimate of drug-likeness (QED) is 0.940. The fraction of sp³-hybridized carbons (Fsp3) is 0.438. The Bertz CT molecular complexity index is 608. The number of rotatable bonds is 4. The average molecular weight is 291 g/mol. The van der Waals surface area contributed by atoms with Gasteiger partial charge in [-0.05, 0) is 30.7 Å². The van der Waals surface area contributed by atoms with Crippen LogP contribution in [0.15, 0.2) is 30.3 Å². The van der Waals surface area contributed by atoms with Crippen molar-refractivity contribution in [1.29, 1.82) is 0 Å². The number of halogens is 1. The maximum Gasteiger partial charge on any atom is 0.0847 e. The number of benzene rings is 1. The molecular weight excluding hydrogens is 272 g/mol. The molecule has 3 unspecified atom stereocenters. The van der Waals surface area contributed by atoms with Gasteiger partial charge in [0.15, 0.2) is 0 Å². The molecular formula is C16H19ClN2O. The van der Waals surface area contributed by atoms with Crippen molar-refractivity contribution < 1.29 is 5.11 Å². The first-order chi connectivity index (χ1) is 9.58. The minimum atomic E-state index is -0.354. The molecule has 2 aromatic rings. The van der Waals surface area contributed by atoms with Gasteiger partial charge in [-0.3, -0.25) is 4.68 Å². The second-order valence-corrected chi connectivity index (χ2v) is 6.04. The number of aromatic nitrogens is 2. The fourth-order valence-corrected chi connectivity index (χ4v) is 3.21. The van der Waals surface area contributed by atoms with E-state index < -0.39 is 0 Å². The third-order valence-corrected chi connectivity index (χ3v) is 4.72. The van der Waals surface area contributed by atoms with Gasteiger partial charge in [0.25, 0.3) is 0 Å². The van der Waals surface area contributed by atoms with Crippen LogP contribution in [0.2, 0.25) is 5.02 Å². The standard InChI is InChI=1S/C16H19ClN2O/c1-10-16(17)14(19(2)18-10)9-15(20)13-8-12(13)11-6-4-3-5-7-11/h3-7,12-13,15,20H,8-9H2,1-2H3. The summed E-state index contributed by atoms with van der Waals surface area (Å²) in [6, 6.07) is 10.4. The Kier molecular flexibility index (Phi) is 3.57. The predicted octanol–water partition coefficient (Wildman–Crippen LogP) is 3.09. The number of aliphatic hydroxyl groups is 1. The van der Waals surface area contributed by atoms with Crippen molar-refractivity contribution in [3.8, 4) is 0 Å². The lowest BCUT2D eigenvalue weighted by molar-refractivity contribution is 0.147. The summed E-state index contributed by atoms with van der Waals surface area (Å²) in [6.45, 7) is 1.89. The van der Waals surface area contributed by atoms with E-state index in [-0.39, 0.29) is 6.10 Å². The largest absolute Gasteiger partial charge is 0.392 e. The SMILES string of the molecule is Cc1nn(C)c(CC(O)C2CC2c2ccccc2)c1Cl. The van der Waals surface area contributed by atoms with Crippen LogP contribution in [0.5, 0.6) is 0 Å². The zero-order chi connectivity index (χ0) is 14.3. The van der Waals surface area contributed by atoms with Crippen LogP contribution in [0.25, 0.3) is 0 Å². The smallest absolute Gasteiger partial charge is 0.0847 e. The van der Waals surface area contributed by atoms with E-state index in [1.54, 1.807) is 4.68 Å². The van der Waals surface area contributed by atoms with Crippen LogP contribution in [0.1, 0.15) is 29.3 Å². The summed E-state index contributed by atoms with van der Waals surface area (Å²) in [6.07, 6.45) is 1.27. The van der Waals surface area contributed by atoms with Gasteiger partial charge in [0.1, 0.15) is 0 Å². The molecule has 3 rings (SSSR count). The molecule has 3 atom stereocenters.